The van der Waals surface area contributed by atoms with Crippen LogP contribution >= 0.6 is 0 Å². The summed E-state index contributed by atoms with van der Waals surface area (Å²) in [6.07, 6.45) is 2.98. The largest absolute Gasteiger partial charge is 0.494 e. The molecule has 3 amide bonds. The van der Waals surface area contributed by atoms with Crippen molar-refractivity contribution in [3.63, 3.8) is 0 Å². The van der Waals surface area contributed by atoms with Gasteiger partial charge in [-0.3, -0.25) is 9.48 Å². The summed E-state index contributed by atoms with van der Waals surface area (Å²) < 4.78 is 6.74. The predicted molar refractivity (Wildman–Crippen MR) is 89.6 cm³/mol. The van der Waals surface area contributed by atoms with Crippen LogP contribution in [0.3, 0.4) is 0 Å². The van der Waals surface area contributed by atoms with E-state index in [1.807, 2.05) is 38.1 Å². The monoisotopic (exact) mass is 331 g/mol. The molecule has 128 valence electrons. The van der Waals surface area contributed by atoms with Crippen LogP contribution < -0.4 is 21.1 Å². The first kappa shape index (κ1) is 17.3. The first-order chi connectivity index (χ1) is 11.5. The van der Waals surface area contributed by atoms with Gasteiger partial charge in [0.2, 0.25) is 5.91 Å². The van der Waals surface area contributed by atoms with Crippen LogP contribution in [0.4, 0.5) is 10.5 Å². The van der Waals surface area contributed by atoms with Crippen LogP contribution in [0, 0.1) is 0 Å². The Bertz CT molecular complexity index is 696. The molecule has 0 aliphatic heterocycles. The van der Waals surface area contributed by atoms with Crippen molar-refractivity contribution in [2.45, 2.75) is 26.4 Å². The third kappa shape index (κ3) is 5.01. The minimum absolute atomic E-state index is 0.0358. The zero-order valence-corrected chi connectivity index (χ0v) is 13.7. The summed E-state index contributed by atoms with van der Waals surface area (Å²) in [7, 11) is 0. The summed E-state index contributed by atoms with van der Waals surface area (Å²) in [6.45, 7) is 4.38. The van der Waals surface area contributed by atoms with Crippen molar-refractivity contribution >= 4 is 17.6 Å². The van der Waals surface area contributed by atoms with Crippen LogP contribution in [0.25, 0.3) is 0 Å². The lowest BCUT2D eigenvalue weighted by Gasteiger charge is -2.15. The minimum atomic E-state index is -0.502. The molecule has 0 unspecified atom stereocenters. The fourth-order valence-electron chi connectivity index (χ4n) is 2.14. The highest BCUT2D eigenvalue weighted by atomic mass is 16.5. The molecule has 8 heteroatoms. The zero-order chi connectivity index (χ0) is 17.5. The summed E-state index contributed by atoms with van der Waals surface area (Å²) in [5.74, 6) is 0.290. The number of primary amides is 1. The zero-order valence-electron chi connectivity index (χ0n) is 13.7. The second kappa shape index (κ2) is 8.00. The van der Waals surface area contributed by atoms with E-state index in [1.54, 1.807) is 0 Å². The average molecular weight is 331 g/mol. The van der Waals surface area contributed by atoms with Crippen molar-refractivity contribution in [3.05, 3.63) is 42.2 Å². The van der Waals surface area contributed by atoms with E-state index in [9.17, 15) is 9.59 Å². The maximum absolute atomic E-state index is 12.0. The van der Waals surface area contributed by atoms with Crippen LogP contribution in [0.2, 0.25) is 0 Å². The number of nitrogens with two attached hydrogens (primary N) is 1. The molecule has 0 spiro atoms. The summed E-state index contributed by atoms with van der Waals surface area (Å²) in [5.41, 5.74) is 6.52. The molecular formula is C16H21N5O3. The Labute approximate surface area is 140 Å². The van der Waals surface area contributed by atoms with Gasteiger partial charge in [0.25, 0.3) is 0 Å². The van der Waals surface area contributed by atoms with Crippen LogP contribution in [0.5, 0.6) is 5.75 Å². The number of ether oxygens (including phenoxy) is 1. The highest BCUT2D eigenvalue weighted by Crippen LogP contribution is 2.17. The van der Waals surface area contributed by atoms with Gasteiger partial charge in [0.05, 0.1) is 24.5 Å². The number of nitrogens with zero attached hydrogens (tertiary/aromatic N) is 2. The molecule has 1 aromatic heterocycles. The van der Waals surface area contributed by atoms with Gasteiger partial charge < -0.3 is 21.1 Å². The molecule has 1 atom stereocenters. The van der Waals surface area contributed by atoms with E-state index in [0.29, 0.717) is 12.3 Å². The van der Waals surface area contributed by atoms with Crippen molar-refractivity contribution in [1.29, 1.82) is 0 Å². The number of nitrogens with one attached hydrogen (secondary N) is 2. The fourth-order valence-corrected chi connectivity index (χ4v) is 2.14. The lowest BCUT2D eigenvalue weighted by molar-refractivity contribution is -0.118. The van der Waals surface area contributed by atoms with Gasteiger partial charge in [0.15, 0.2) is 0 Å². The standard InChI is InChI=1S/C16H21N5O3/c1-3-24-14-6-4-12(5-7-14)11(2)19-16(23)20-13-8-18-21(9-13)10-15(17)22/h4-9,11H,3,10H2,1-2H3,(H2,17,22)(H2,19,20,23)/t11-/m0/s1. The van der Waals surface area contributed by atoms with Gasteiger partial charge in [-0.05, 0) is 31.5 Å². The van der Waals surface area contributed by atoms with E-state index in [4.69, 9.17) is 10.5 Å². The Morgan fingerprint density at radius 2 is 2.04 bits per heavy atom. The quantitative estimate of drug-likeness (QED) is 0.716. The van der Waals surface area contributed by atoms with Gasteiger partial charge in [-0.15, -0.1) is 0 Å². The molecule has 0 fully saturated rings. The number of aromatic nitrogens is 2. The third-order valence-electron chi connectivity index (χ3n) is 3.25. The maximum atomic E-state index is 12.0. The molecule has 0 radical (unpaired) electrons. The summed E-state index contributed by atoms with van der Waals surface area (Å²) in [6, 6.07) is 6.99. The number of carbonyl (C=O) groups is 2. The SMILES string of the molecule is CCOc1ccc([C@H](C)NC(=O)Nc2cnn(CC(N)=O)c2)cc1. The molecule has 1 aromatic carbocycles. The molecule has 2 rings (SSSR count). The van der Waals surface area contributed by atoms with Crippen molar-refractivity contribution in [1.82, 2.24) is 15.1 Å². The summed E-state index contributed by atoms with van der Waals surface area (Å²) >= 11 is 0. The molecule has 8 nitrogen and oxygen atoms in total. The second-order valence-corrected chi connectivity index (χ2v) is 5.22. The van der Waals surface area contributed by atoms with E-state index >= 15 is 0 Å². The second-order valence-electron chi connectivity index (χ2n) is 5.22. The van der Waals surface area contributed by atoms with Gasteiger partial charge in [0, 0.05) is 6.20 Å². The predicted octanol–water partition coefficient (Wildman–Crippen LogP) is 1.65. The van der Waals surface area contributed by atoms with E-state index in [0.717, 1.165) is 11.3 Å². The van der Waals surface area contributed by atoms with Crippen LogP contribution in [0.1, 0.15) is 25.5 Å². The summed E-state index contributed by atoms with van der Waals surface area (Å²) in [5, 5.41) is 9.42. The Kier molecular flexibility index (Phi) is 5.78. The smallest absolute Gasteiger partial charge is 0.319 e. The van der Waals surface area contributed by atoms with Crippen LogP contribution in [-0.2, 0) is 11.3 Å². The molecule has 1 heterocycles. The highest BCUT2D eigenvalue weighted by molar-refractivity contribution is 5.89. The normalized spacial score (nSPS) is 11.6. The number of urea groups is 1. The minimum Gasteiger partial charge on any atom is -0.494 e. The number of hydrogen-bond donors (Lipinski definition) is 3. The van der Waals surface area contributed by atoms with Gasteiger partial charge in [-0.25, -0.2) is 4.79 Å². The Morgan fingerprint density at radius 3 is 2.67 bits per heavy atom. The number of hydrogen-bond acceptors (Lipinski definition) is 4. The Balaban J connectivity index is 1.89. The molecule has 0 aliphatic rings. The first-order valence-electron chi connectivity index (χ1n) is 7.59. The lowest BCUT2D eigenvalue weighted by atomic mass is 10.1. The van der Waals surface area contributed by atoms with E-state index in [2.05, 4.69) is 15.7 Å². The van der Waals surface area contributed by atoms with Gasteiger partial charge in [0.1, 0.15) is 12.3 Å². The first-order valence-corrected chi connectivity index (χ1v) is 7.59. The van der Waals surface area contributed by atoms with Gasteiger partial charge in [-0.2, -0.15) is 5.10 Å². The van der Waals surface area contributed by atoms with Gasteiger partial charge in [-0.1, -0.05) is 12.1 Å². The van der Waals surface area contributed by atoms with E-state index < -0.39 is 5.91 Å². The Hall–Kier alpha value is -3.03. The molecule has 24 heavy (non-hydrogen) atoms. The molecule has 4 N–H and O–H groups in total. The molecule has 2 aromatic rings. The van der Waals surface area contributed by atoms with Crippen molar-refractivity contribution < 1.29 is 14.3 Å². The molecule has 0 bridgehead atoms. The average Bonchev–Trinajstić information content (AvgIpc) is 2.94. The van der Waals surface area contributed by atoms with E-state index in [1.165, 1.54) is 17.1 Å². The number of anilines is 1. The maximum Gasteiger partial charge on any atom is 0.319 e. The van der Waals surface area contributed by atoms with Gasteiger partial charge >= 0.3 is 6.03 Å². The lowest BCUT2D eigenvalue weighted by Crippen LogP contribution is -2.31. The van der Waals surface area contributed by atoms with Crippen molar-refractivity contribution in [3.8, 4) is 5.75 Å². The number of rotatable bonds is 7. The van der Waals surface area contributed by atoms with Crippen molar-refractivity contribution in [2.24, 2.45) is 5.73 Å². The topological polar surface area (TPSA) is 111 Å². The van der Waals surface area contributed by atoms with Crippen LogP contribution in [-0.4, -0.2) is 28.3 Å². The highest BCUT2D eigenvalue weighted by Gasteiger charge is 2.11. The third-order valence-corrected chi connectivity index (χ3v) is 3.25. The summed E-state index contributed by atoms with van der Waals surface area (Å²) in [4.78, 5) is 22.8. The Morgan fingerprint density at radius 1 is 1.33 bits per heavy atom. The molecule has 0 aliphatic carbocycles. The fraction of sp³-hybridized carbons (Fsp3) is 0.312. The molecular weight excluding hydrogens is 310 g/mol. The number of amides is 3. The molecule has 0 saturated carbocycles. The van der Waals surface area contributed by atoms with Crippen molar-refractivity contribution in [2.75, 3.05) is 11.9 Å². The van der Waals surface area contributed by atoms with E-state index in [-0.39, 0.29) is 18.6 Å². The molecule has 0 saturated heterocycles. The number of carbonyl (C=O) groups excluding carboxylic acids is 2. The number of benzene rings is 1. The van der Waals surface area contributed by atoms with Crippen LogP contribution in [0.15, 0.2) is 36.7 Å².